The lowest BCUT2D eigenvalue weighted by atomic mass is 10.1. The number of benzene rings is 1. The molecule has 0 saturated carbocycles. The van der Waals surface area contributed by atoms with Gasteiger partial charge in [-0.05, 0) is 25.1 Å². The average molecular weight is 268 g/mol. The largest absolute Gasteiger partial charge is 0.367 e. The van der Waals surface area contributed by atoms with Crippen LogP contribution in [0.4, 0.5) is 5.69 Å². The Balaban J connectivity index is 2.26. The average Bonchev–Trinajstić information content (AvgIpc) is 2.39. The summed E-state index contributed by atoms with van der Waals surface area (Å²) in [5.74, 6) is 0. The summed E-state index contributed by atoms with van der Waals surface area (Å²) < 4.78 is 0. The number of para-hydroxylation sites is 1. The molecule has 1 aromatic carbocycles. The molecule has 1 aliphatic rings. The summed E-state index contributed by atoms with van der Waals surface area (Å²) in [7, 11) is 2.20. The van der Waals surface area contributed by atoms with Crippen molar-refractivity contribution >= 4 is 17.3 Å². The number of rotatable bonds is 3. The Morgan fingerprint density at radius 1 is 1.39 bits per heavy atom. The molecule has 0 amide bonds. The zero-order valence-corrected chi connectivity index (χ0v) is 12.0. The Morgan fingerprint density at radius 2 is 2.17 bits per heavy atom. The van der Waals surface area contributed by atoms with Crippen LogP contribution in [0.25, 0.3) is 0 Å². The third-order valence-corrected chi connectivity index (χ3v) is 4.16. The molecule has 4 heteroatoms. The van der Waals surface area contributed by atoms with E-state index in [0.29, 0.717) is 12.6 Å². The first-order valence-electron chi connectivity index (χ1n) is 6.60. The molecule has 1 saturated heterocycles. The van der Waals surface area contributed by atoms with Crippen LogP contribution in [-0.2, 0) is 6.54 Å². The molecular formula is C14H22ClN3. The lowest BCUT2D eigenvalue weighted by Gasteiger charge is -2.41. The predicted octanol–water partition coefficient (Wildman–Crippen LogP) is 2.33. The summed E-state index contributed by atoms with van der Waals surface area (Å²) in [6.07, 6.45) is 1.16. The smallest absolute Gasteiger partial charge is 0.0642 e. The molecular weight excluding hydrogens is 246 g/mol. The summed E-state index contributed by atoms with van der Waals surface area (Å²) in [6.45, 7) is 5.90. The van der Waals surface area contributed by atoms with Crippen LogP contribution >= 0.6 is 11.6 Å². The van der Waals surface area contributed by atoms with Gasteiger partial charge in [0.15, 0.2) is 0 Å². The van der Waals surface area contributed by atoms with Crippen molar-refractivity contribution in [3.05, 3.63) is 28.8 Å². The minimum Gasteiger partial charge on any atom is -0.367 e. The fraction of sp³-hybridized carbons (Fsp3) is 0.571. The third kappa shape index (κ3) is 2.63. The van der Waals surface area contributed by atoms with Crippen molar-refractivity contribution in [2.75, 3.05) is 31.6 Å². The summed E-state index contributed by atoms with van der Waals surface area (Å²) in [4.78, 5) is 4.81. The molecule has 18 heavy (non-hydrogen) atoms. The lowest BCUT2D eigenvalue weighted by Crippen LogP contribution is -2.51. The highest BCUT2D eigenvalue weighted by Crippen LogP contribution is 2.31. The van der Waals surface area contributed by atoms with Gasteiger partial charge in [0.05, 0.1) is 10.7 Å². The van der Waals surface area contributed by atoms with E-state index in [0.717, 1.165) is 42.3 Å². The van der Waals surface area contributed by atoms with Crippen molar-refractivity contribution in [2.45, 2.75) is 25.9 Å². The van der Waals surface area contributed by atoms with E-state index in [1.54, 1.807) is 0 Å². The molecule has 2 rings (SSSR count). The number of anilines is 1. The summed E-state index contributed by atoms with van der Waals surface area (Å²) in [5.41, 5.74) is 8.10. The first-order valence-corrected chi connectivity index (χ1v) is 6.97. The van der Waals surface area contributed by atoms with Gasteiger partial charge in [0.1, 0.15) is 0 Å². The molecule has 1 atom stereocenters. The van der Waals surface area contributed by atoms with Crippen LogP contribution in [0.15, 0.2) is 18.2 Å². The second-order valence-electron chi connectivity index (χ2n) is 4.94. The van der Waals surface area contributed by atoms with Gasteiger partial charge in [0, 0.05) is 32.2 Å². The lowest BCUT2D eigenvalue weighted by molar-refractivity contribution is 0.213. The quantitative estimate of drug-likeness (QED) is 0.912. The van der Waals surface area contributed by atoms with Gasteiger partial charge < -0.3 is 10.6 Å². The van der Waals surface area contributed by atoms with Crippen molar-refractivity contribution in [1.82, 2.24) is 4.90 Å². The zero-order valence-electron chi connectivity index (χ0n) is 11.2. The molecule has 1 fully saturated rings. The van der Waals surface area contributed by atoms with Crippen LogP contribution in [0.5, 0.6) is 0 Å². The molecule has 0 aliphatic carbocycles. The van der Waals surface area contributed by atoms with Crippen LogP contribution < -0.4 is 10.6 Å². The zero-order chi connectivity index (χ0) is 13.1. The van der Waals surface area contributed by atoms with Crippen molar-refractivity contribution in [3.8, 4) is 0 Å². The van der Waals surface area contributed by atoms with Gasteiger partial charge in [-0.3, -0.25) is 4.90 Å². The van der Waals surface area contributed by atoms with E-state index in [2.05, 4.69) is 29.8 Å². The topological polar surface area (TPSA) is 32.5 Å². The van der Waals surface area contributed by atoms with Crippen molar-refractivity contribution in [3.63, 3.8) is 0 Å². The maximum absolute atomic E-state index is 6.36. The van der Waals surface area contributed by atoms with E-state index in [4.69, 9.17) is 17.3 Å². The number of hydrogen-bond donors (Lipinski definition) is 1. The SMILES string of the molecule is CCC1CN(c2c(Cl)cccc2CN)CCN1C. The standard InChI is InChI=1S/C14H22ClN3/c1-3-12-10-18(8-7-17(12)2)14-11(9-16)5-4-6-13(14)15/h4-6,12H,3,7-10,16H2,1-2H3. The molecule has 0 aromatic heterocycles. The number of halogens is 1. The Labute approximate surface area is 115 Å². The molecule has 0 radical (unpaired) electrons. The summed E-state index contributed by atoms with van der Waals surface area (Å²) in [5, 5.41) is 0.817. The highest BCUT2D eigenvalue weighted by atomic mass is 35.5. The molecule has 0 spiro atoms. The number of likely N-dealkylation sites (N-methyl/N-ethyl adjacent to an activating group) is 1. The van der Waals surface area contributed by atoms with Gasteiger partial charge in [-0.1, -0.05) is 30.7 Å². The van der Waals surface area contributed by atoms with Gasteiger partial charge in [0.2, 0.25) is 0 Å². The van der Waals surface area contributed by atoms with E-state index in [9.17, 15) is 0 Å². The van der Waals surface area contributed by atoms with Gasteiger partial charge in [-0.2, -0.15) is 0 Å². The second-order valence-corrected chi connectivity index (χ2v) is 5.35. The van der Waals surface area contributed by atoms with E-state index >= 15 is 0 Å². The Morgan fingerprint density at radius 3 is 2.83 bits per heavy atom. The first-order chi connectivity index (χ1) is 8.67. The van der Waals surface area contributed by atoms with E-state index in [1.807, 2.05) is 12.1 Å². The van der Waals surface area contributed by atoms with E-state index in [1.165, 1.54) is 0 Å². The van der Waals surface area contributed by atoms with Crippen LogP contribution in [0.3, 0.4) is 0 Å². The third-order valence-electron chi connectivity index (χ3n) is 3.85. The van der Waals surface area contributed by atoms with Crippen LogP contribution in [0.2, 0.25) is 5.02 Å². The monoisotopic (exact) mass is 267 g/mol. The first kappa shape index (κ1) is 13.7. The summed E-state index contributed by atoms with van der Waals surface area (Å²) >= 11 is 6.36. The maximum Gasteiger partial charge on any atom is 0.0642 e. The minimum atomic E-state index is 0.541. The molecule has 100 valence electrons. The van der Waals surface area contributed by atoms with Gasteiger partial charge in [0.25, 0.3) is 0 Å². The van der Waals surface area contributed by atoms with Gasteiger partial charge in [-0.25, -0.2) is 0 Å². The molecule has 1 aromatic rings. The number of piperazine rings is 1. The fourth-order valence-corrected chi connectivity index (χ4v) is 2.98. The Kier molecular flexibility index (Phi) is 4.49. The second kappa shape index (κ2) is 5.91. The van der Waals surface area contributed by atoms with Gasteiger partial charge in [-0.15, -0.1) is 0 Å². The van der Waals surface area contributed by atoms with Crippen molar-refractivity contribution < 1.29 is 0 Å². The predicted molar refractivity (Wildman–Crippen MR) is 78.3 cm³/mol. The van der Waals surface area contributed by atoms with Crippen LogP contribution in [0.1, 0.15) is 18.9 Å². The van der Waals surface area contributed by atoms with Gasteiger partial charge >= 0.3 is 0 Å². The highest BCUT2D eigenvalue weighted by molar-refractivity contribution is 6.33. The fourth-order valence-electron chi connectivity index (χ4n) is 2.67. The molecule has 1 heterocycles. The molecule has 3 nitrogen and oxygen atoms in total. The number of hydrogen-bond acceptors (Lipinski definition) is 3. The van der Waals surface area contributed by atoms with E-state index in [-0.39, 0.29) is 0 Å². The minimum absolute atomic E-state index is 0.541. The molecule has 0 bridgehead atoms. The number of nitrogens with zero attached hydrogens (tertiary/aromatic N) is 2. The Bertz CT molecular complexity index is 408. The van der Waals surface area contributed by atoms with E-state index < -0.39 is 0 Å². The Hall–Kier alpha value is -0.770. The molecule has 1 aliphatic heterocycles. The maximum atomic E-state index is 6.36. The van der Waals surface area contributed by atoms with Crippen molar-refractivity contribution in [1.29, 1.82) is 0 Å². The van der Waals surface area contributed by atoms with Crippen LogP contribution in [-0.4, -0.2) is 37.6 Å². The summed E-state index contributed by atoms with van der Waals surface area (Å²) in [6, 6.07) is 6.60. The van der Waals surface area contributed by atoms with Crippen LogP contribution in [0, 0.1) is 0 Å². The number of nitrogens with two attached hydrogens (primary N) is 1. The van der Waals surface area contributed by atoms with Crippen molar-refractivity contribution in [2.24, 2.45) is 5.73 Å². The molecule has 2 N–H and O–H groups in total. The molecule has 1 unspecified atom stereocenters. The normalized spacial score (nSPS) is 21.3. The highest BCUT2D eigenvalue weighted by Gasteiger charge is 2.25.